The molecule has 1 aromatic carbocycles. The number of guanidine groups is 1. The Labute approximate surface area is 165 Å². The Morgan fingerprint density at radius 1 is 1.14 bits per heavy atom. The van der Waals surface area contributed by atoms with Crippen molar-refractivity contribution in [2.24, 2.45) is 4.99 Å². The van der Waals surface area contributed by atoms with Gasteiger partial charge in [0.25, 0.3) is 0 Å². The molecule has 0 aliphatic carbocycles. The second-order valence-corrected chi connectivity index (χ2v) is 6.27. The van der Waals surface area contributed by atoms with Gasteiger partial charge in [-0.3, -0.25) is 4.57 Å². The first-order chi connectivity index (χ1) is 13.7. The number of imidazole rings is 1. The Hall–Kier alpha value is -3.35. The maximum Gasteiger partial charge on any atom is 0.191 e. The van der Waals surface area contributed by atoms with Crippen molar-refractivity contribution in [3.05, 3.63) is 71.9 Å². The van der Waals surface area contributed by atoms with Crippen LogP contribution in [0.1, 0.15) is 23.9 Å². The summed E-state index contributed by atoms with van der Waals surface area (Å²) in [7, 11) is 1.67. The summed E-state index contributed by atoms with van der Waals surface area (Å²) in [4.78, 5) is 13.4. The van der Waals surface area contributed by atoms with Gasteiger partial charge in [0.2, 0.25) is 0 Å². The number of pyridine rings is 1. The van der Waals surface area contributed by atoms with Gasteiger partial charge in [0.1, 0.15) is 17.4 Å². The van der Waals surface area contributed by atoms with Crippen molar-refractivity contribution < 1.29 is 4.74 Å². The van der Waals surface area contributed by atoms with E-state index >= 15 is 0 Å². The molecule has 7 nitrogen and oxygen atoms in total. The lowest BCUT2D eigenvalue weighted by atomic mass is 10.2. The lowest BCUT2D eigenvalue weighted by molar-refractivity contribution is 0.414. The summed E-state index contributed by atoms with van der Waals surface area (Å²) in [5, 5.41) is 6.62. The van der Waals surface area contributed by atoms with E-state index in [1.165, 1.54) is 0 Å². The van der Waals surface area contributed by atoms with Crippen molar-refractivity contribution in [2.75, 3.05) is 13.7 Å². The molecular formula is C21H26N6O. The fourth-order valence-electron chi connectivity index (χ4n) is 2.75. The summed E-state index contributed by atoms with van der Waals surface area (Å²) in [6, 6.07) is 12.0. The number of benzene rings is 1. The number of hydrogen-bond acceptors (Lipinski definition) is 4. The molecule has 0 aliphatic heterocycles. The normalized spacial score (nSPS) is 11.3. The van der Waals surface area contributed by atoms with Crippen molar-refractivity contribution in [1.82, 2.24) is 25.2 Å². The number of methoxy groups -OCH3 is 1. The van der Waals surface area contributed by atoms with Crippen LogP contribution in [-0.4, -0.2) is 34.1 Å². The Balaban J connectivity index is 1.62. The van der Waals surface area contributed by atoms with Crippen molar-refractivity contribution in [1.29, 1.82) is 0 Å². The van der Waals surface area contributed by atoms with Gasteiger partial charge in [-0.05, 0) is 43.2 Å². The third kappa shape index (κ3) is 5.09. The Morgan fingerprint density at radius 2 is 2.04 bits per heavy atom. The van der Waals surface area contributed by atoms with Crippen LogP contribution in [0.2, 0.25) is 0 Å². The molecular weight excluding hydrogens is 352 g/mol. The zero-order valence-electron chi connectivity index (χ0n) is 16.5. The summed E-state index contributed by atoms with van der Waals surface area (Å²) in [6.07, 6.45) is 5.52. The van der Waals surface area contributed by atoms with Crippen LogP contribution in [0.3, 0.4) is 0 Å². The number of hydrogen-bond donors (Lipinski definition) is 2. The van der Waals surface area contributed by atoms with E-state index in [1.807, 2.05) is 61.1 Å². The molecule has 0 atom stereocenters. The van der Waals surface area contributed by atoms with Gasteiger partial charge < -0.3 is 15.4 Å². The van der Waals surface area contributed by atoms with Gasteiger partial charge in [0.05, 0.1) is 13.7 Å². The van der Waals surface area contributed by atoms with Crippen LogP contribution < -0.4 is 15.4 Å². The first-order valence-corrected chi connectivity index (χ1v) is 9.30. The number of nitrogens with zero attached hydrogens (tertiary/aromatic N) is 4. The van der Waals surface area contributed by atoms with E-state index in [2.05, 4.69) is 31.7 Å². The minimum Gasteiger partial charge on any atom is -0.497 e. The van der Waals surface area contributed by atoms with Gasteiger partial charge in [0, 0.05) is 31.7 Å². The third-order valence-electron chi connectivity index (χ3n) is 4.24. The highest BCUT2D eigenvalue weighted by Gasteiger charge is 2.03. The smallest absolute Gasteiger partial charge is 0.191 e. The fourth-order valence-corrected chi connectivity index (χ4v) is 2.75. The Morgan fingerprint density at radius 3 is 2.71 bits per heavy atom. The zero-order chi connectivity index (χ0) is 19.8. The Kier molecular flexibility index (Phi) is 6.62. The van der Waals surface area contributed by atoms with Crippen molar-refractivity contribution >= 4 is 5.96 Å². The zero-order valence-corrected chi connectivity index (χ0v) is 16.5. The predicted molar refractivity (Wildman–Crippen MR) is 111 cm³/mol. The maximum atomic E-state index is 5.27. The molecule has 7 heteroatoms. The summed E-state index contributed by atoms with van der Waals surface area (Å²) in [5.74, 6) is 3.38. The number of nitrogens with one attached hydrogen (secondary N) is 2. The summed E-state index contributed by atoms with van der Waals surface area (Å²) >= 11 is 0. The molecule has 2 N–H and O–H groups in total. The SMILES string of the molecule is CCNC(=NCc1ccc(-n2ccnc2C)nc1)NCc1cccc(OC)c1. The van der Waals surface area contributed by atoms with Gasteiger partial charge >= 0.3 is 0 Å². The minimum atomic E-state index is 0.545. The highest BCUT2D eigenvalue weighted by Crippen LogP contribution is 2.12. The number of aromatic nitrogens is 3. The van der Waals surface area contributed by atoms with Crippen LogP contribution in [0.25, 0.3) is 5.82 Å². The van der Waals surface area contributed by atoms with Crippen LogP contribution in [0, 0.1) is 6.92 Å². The molecule has 146 valence electrons. The first kappa shape index (κ1) is 19.4. The van der Waals surface area contributed by atoms with Crippen LogP contribution in [0.5, 0.6) is 5.75 Å². The number of ether oxygens (including phenoxy) is 1. The summed E-state index contributed by atoms with van der Waals surface area (Å²) in [6.45, 7) is 6.01. The van der Waals surface area contributed by atoms with Gasteiger partial charge in [-0.1, -0.05) is 18.2 Å². The molecule has 0 radical (unpaired) electrons. The molecule has 0 unspecified atom stereocenters. The van der Waals surface area contributed by atoms with E-state index < -0.39 is 0 Å². The van der Waals surface area contributed by atoms with E-state index in [1.54, 1.807) is 13.3 Å². The Bertz CT molecular complexity index is 917. The van der Waals surface area contributed by atoms with Crippen LogP contribution in [0.15, 0.2) is 60.0 Å². The second-order valence-electron chi connectivity index (χ2n) is 6.27. The lowest BCUT2D eigenvalue weighted by Gasteiger charge is -2.12. The molecule has 2 heterocycles. The van der Waals surface area contributed by atoms with Crippen molar-refractivity contribution in [2.45, 2.75) is 26.9 Å². The van der Waals surface area contributed by atoms with Gasteiger partial charge in [-0.15, -0.1) is 0 Å². The number of aliphatic imine (C=N–C) groups is 1. The van der Waals surface area contributed by atoms with Gasteiger partial charge in [-0.2, -0.15) is 0 Å². The van der Waals surface area contributed by atoms with E-state index in [0.717, 1.165) is 41.0 Å². The molecule has 0 saturated carbocycles. The monoisotopic (exact) mass is 378 g/mol. The molecule has 0 fully saturated rings. The summed E-state index contributed by atoms with van der Waals surface area (Å²) in [5.41, 5.74) is 2.17. The topological polar surface area (TPSA) is 76.4 Å². The molecule has 0 saturated heterocycles. The van der Waals surface area contributed by atoms with Crippen molar-refractivity contribution in [3.63, 3.8) is 0 Å². The molecule has 0 amide bonds. The molecule has 3 aromatic rings. The maximum absolute atomic E-state index is 5.27. The van der Waals surface area contributed by atoms with Gasteiger partial charge in [0.15, 0.2) is 5.96 Å². The molecule has 0 spiro atoms. The summed E-state index contributed by atoms with van der Waals surface area (Å²) < 4.78 is 7.22. The molecule has 0 bridgehead atoms. The highest BCUT2D eigenvalue weighted by molar-refractivity contribution is 5.79. The van der Waals surface area contributed by atoms with Gasteiger partial charge in [-0.25, -0.2) is 15.0 Å². The standard InChI is InChI=1S/C21H26N6O/c1-4-22-21(25-13-17-6-5-7-19(12-17)28-3)26-15-18-8-9-20(24-14-18)27-11-10-23-16(27)2/h5-12,14H,4,13,15H2,1-3H3,(H2,22,25,26). The predicted octanol–water partition coefficient (Wildman–Crippen LogP) is 2.84. The van der Waals surface area contributed by atoms with Crippen LogP contribution in [-0.2, 0) is 13.1 Å². The first-order valence-electron chi connectivity index (χ1n) is 9.30. The van der Waals surface area contributed by atoms with E-state index in [9.17, 15) is 0 Å². The average molecular weight is 378 g/mol. The van der Waals surface area contributed by atoms with E-state index in [4.69, 9.17) is 4.74 Å². The number of rotatable bonds is 7. The van der Waals surface area contributed by atoms with E-state index in [0.29, 0.717) is 13.1 Å². The van der Waals surface area contributed by atoms with E-state index in [-0.39, 0.29) is 0 Å². The van der Waals surface area contributed by atoms with Crippen LogP contribution >= 0.6 is 0 Å². The lowest BCUT2D eigenvalue weighted by Crippen LogP contribution is -2.36. The fraction of sp³-hybridized carbons (Fsp3) is 0.286. The second kappa shape index (κ2) is 9.55. The quantitative estimate of drug-likeness (QED) is 0.488. The molecule has 28 heavy (non-hydrogen) atoms. The minimum absolute atomic E-state index is 0.545. The van der Waals surface area contributed by atoms with Crippen LogP contribution in [0.4, 0.5) is 0 Å². The highest BCUT2D eigenvalue weighted by atomic mass is 16.5. The molecule has 0 aliphatic rings. The third-order valence-corrected chi connectivity index (χ3v) is 4.24. The average Bonchev–Trinajstić information content (AvgIpc) is 3.16. The molecule has 3 rings (SSSR count). The molecule has 2 aromatic heterocycles. The number of aryl methyl sites for hydroxylation is 1. The van der Waals surface area contributed by atoms with Crippen molar-refractivity contribution in [3.8, 4) is 11.6 Å². The largest absolute Gasteiger partial charge is 0.497 e.